The highest BCUT2D eigenvalue weighted by Gasteiger charge is 2.04. The number of methoxy groups -OCH3 is 2. The molecule has 2 rings (SSSR count). The number of hydrogen-bond donors (Lipinski definition) is 2. The second kappa shape index (κ2) is 9.73. The van der Waals surface area contributed by atoms with E-state index in [1.807, 2.05) is 12.1 Å². The first kappa shape index (κ1) is 18.9. The van der Waals surface area contributed by atoms with E-state index in [0.29, 0.717) is 17.2 Å². The summed E-state index contributed by atoms with van der Waals surface area (Å²) in [7, 11) is 3.13. The summed E-state index contributed by atoms with van der Waals surface area (Å²) in [6.07, 6.45) is 2.91. The minimum Gasteiger partial charge on any atom is -0.497 e. The number of benzene rings is 2. The molecule has 2 aromatic carbocycles. The van der Waals surface area contributed by atoms with Gasteiger partial charge in [-0.15, -0.1) is 0 Å². The van der Waals surface area contributed by atoms with Crippen molar-refractivity contribution in [3.05, 3.63) is 60.2 Å². The molecule has 0 radical (unpaired) electrons. The van der Waals surface area contributed by atoms with Crippen molar-refractivity contribution >= 4 is 17.9 Å². The van der Waals surface area contributed by atoms with Gasteiger partial charge in [0, 0.05) is 6.08 Å². The predicted octanol–water partition coefficient (Wildman–Crippen LogP) is 1.94. The van der Waals surface area contributed by atoms with Crippen LogP contribution in [-0.2, 0) is 9.59 Å². The third-order valence-electron chi connectivity index (χ3n) is 3.28. The molecule has 0 saturated heterocycles. The topological polar surface area (TPSA) is 85.9 Å². The fraction of sp³-hybridized carbons (Fsp3) is 0.158. The largest absolute Gasteiger partial charge is 0.497 e. The van der Waals surface area contributed by atoms with E-state index in [4.69, 9.17) is 14.2 Å². The standard InChI is InChI=1S/C19H20N2O5/c1-24-15-7-9-16(10-8-15)26-13-19(23)21-20-18(22)11-6-14-4-3-5-17(12-14)25-2/h3-12H,13H2,1-2H3,(H,20,22)(H,21,23)/b11-6+. The van der Waals surface area contributed by atoms with Crippen LogP contribution in [0.2, 0.25) is 0 Å². The van der Waals surface area contributed by atoms with Gasteiger partial charge in [0.05, 0.1) is 14.2 Å². The van der Waals surface area contributed by atoms with E-state index in [9.17, 15) is 9.59 Å². The van der Waals surface area contributed by atoms with Crippen LogP contribution >= 0.6 is 0 Å². The molecular weight excluding hydrogens is 336 g/mol. The van der Waals surface area contributed by atoms with Crippen molar-refractivity contribution in [2.24, 2.45) is 0 Å². The fourth-order valence-corrected chi connectivity index (χ4v) is 1.95. The maximum absolute atomic E-state index is 11.7. The number of rotatable bonds is 7. The molecule has 0 atom stereocenters. The van der Waals surface area contributed by atoms with E-state index in [-0.39, 0.29) is 6.61 Å². The van der Waals surface area contributed by atoms with Gasteiger partial charge >= 0.3 is 0 Å². The smallest absolute Gasteiger partial charge is 0.276 e. The zero-order chi connectivity index (χ0) is 18.8. The molecule has 0 aliphatic carbocycles. The van der Waals surface area contributed by atoms with Crippen LogP contribution in [0.25, 0.3) is 6.08 Å². The van der Waals surface area contributed by atoms with Gasteiger partial charge in [0.1, 0.15) is 17.2 Å². The molecule has 7 heteroatoms. The number of carbonyl (C=O) groups is 2. The highest BCUT2D eigenvalue weighted by Crippen LogP contribution is 2.16. The number of amides is 2. The van der Waals surface area contributed by atoms with Crippen LogP contribution in [0.4, 0.5) is 0 Å². The Kier molecular flexibility index (Phi) is 7.05. The zero-order valence-electron chi connectivity index (χ0n) is 14.5. The molecule has 0 unspecified atom stereocenters. The minimum atomic E-state index is -0.482. The third-order valence-corrected chi connectivity index (χ3v) is 3.28. The Hall–Kier alpha value is -3.48. The molecule has 136 valence electrons. The van der Waals surface area contributed by atoms with Gasteiger partial charge in [0.15, 0.2) is 6.61 Å². The monoisotopic (exact) mass is 356 g/mol. The van der Waals surface area contributed by atoms with Crippen molar-refractivity contribution in [2.45, 2.75) is 0 Å². The summed E-state index contributed by atoms with van der Waals surface area (Å²) in [5.74, 6) is 0.952. The maximum Gasteiger partial charge on any atom is 0.276 e. The van der Waals surface area contributed by atoms with Crippen molar-refractivity contribution in [3.8, 4) is 17.2 Å². The first-order valence-electron chi connectivity index (χ1n) is 7.78. The van der Waals surface area contributed by atoms with Gasteiger partial charge in [-0.05, 0) is 48.0 Å². The molecule has 0 bridgehead atoms. The first-order valence-corrected chi connectivity index (χ1v) is 7.78. The van der Waals surface area contributed by atoms with Gasteiger partial charge in [-0.2, -0.15) is 0 Å². The molecule has 0 aliphatic rings. The van der Waals surface area contributed by atoms with Crippen LogP contribution in [0.5, 0.6) is 17.2 Å². The van der Waals surface area contributed by atoms with Crippen molar-refractivity contribution in [1.29, 1.82) is 0 Å². The lowest BCUT2D eigenvalue weighted by Crippen LogP contribution is -2.43. The van der Waals surface area contributed by atoms with E-state index in [1.165, 1.54) is 6.08 Å². The van der Waals surface area contributed by atoms with E-state index < -0.39 is 11.8 Å². The van der Waals surface area contributed by atoms with E-state index in [2.05, 4.69) is 10.9 Å². The summed E-state index contributed by atoms with van der Waals surface area (Å²) in [4.78, 5) is 23.4. The number of nitrogens with one attached hydrogen (secondary N) is 2. The van der Waals surface area contributed by atoms with Crippen LogP contribution in [0, 0.1) is 0 Å². The fourth-order valence-electron chi connectivity index (χ4n) is 1.95. The van der Waals surface area contributed by atoms with Gasteiger partial charge in [-0.25, -0.2) is 0 Å². The lowest BCUT2D eigenvalue weighted by Gasteiger charge is -2.08. The summed E-state index contributed by atoms with van der Waals surface area (Å²) in [5, 5.41) is 0. The van der Waals surface area contributed by atoms with Gasteiger partial charge in [-0.3, -0.25) is 20.4 Å². The molecule has 0 saturated carbocycles. The van der Waals surface area contributed by atoms with Gasteiger partial charge in [-0.1, -0.05) is 12.1 Å². The van der Waals surface area contributed by atoms with Crippen molar-refractivity contribution in [3.63, 3.8) is 0 Å². The predicted molar refractivity (Wildman–Crippen MR) is 96.8 cm³/mol. The zero-order valence-corrected chi connectivity index (χ0v) is 14.5. The molecule has 2 amide bonds. The Balaban J connectivity index is 1.73. The Labute approximate surface area is 151 Å². The lowest BCUT2D eigenvalue weighted by atomic mass is 10.2. The van der Waals surface area contributed by atoms with E-state index in [1.54, 1.807) is 56.7 Å². The average molecular weight is 356 g/mol. The molecule has 2 N–H and O–H groups in total. The molecule has 7 nitrogen and oxygen atoms in total. The number of carbonyl (C=O) groups excluding carboxylic acids is 2. The Morgan fingerprint density at radius 1 is 0.923 bits per heavy atom. The molecule has 0 aromatic heterocycles. The van der Waals surface area contributed by atoms with Gasteiger partial charge in [0.2, 0.25) is 0 Å². The molecule has 0 heterocycles. The SMILES string of the molecule is COc1ccc(OCC(=O)NNC(=O)/C=C/c2cccc(OC)c2)cc1. The minimum absolute atomic E-state index is 0.230. The molecule has 26 heavy (non-hydrogen) atoms. The quantitative estimate of drug-likeness (QED) is 0.585. The number of ether oxygens (including phenoxy) is 3. The Morgan fingerprint density at radius 2 is 1.62 bits per heavy atom. The van der Waals surface area contributed by atoms with Crippen LogP contribution in [0.1, 0.15) is 5.56 Å². The summed E-state index contributed by atoms with van der Waals surface area (Å²) in [6.45, 7) is -0.230. The van der Waals surface area contributed by atoms with Gasteiger partial charge in [0.25, 0.3) is 11.8 Å². The summed E-state index contributed by atoms with van der Waals surface area (Å²) >= 11 is 0. The first-order chi connectivity index (χ1) is 12.6. The summed E-state index contributed by atoms with van der Waals surface area (Å²) in [6, 6.07) is 14.0. The summed E-state index contributed by atoms with van der Waals surface area (Å²) in [5.41, 5.74) is 5.35. The number of hydrogen-bond acceptors (Lipinski definition) is 5. The molecule has 2 aromatic rings. The lowest BCUT2D eigenvalue weighted by molar-refractivity contribution is -0.128. The number of hydrazine groups is 1. The van der Waals surface area contributed by atoms with E-state index in [0.717, 1.165) is 5.56 Å². The molecular formula is C19H20N2O5. The van der Waals surface area contributed by atoms with Crippen LogP contribution in [0.3, 0.4) is 0 Å². The molecule has 0 fully saturated rings. The Morgan fingerprint density at radius 3 is 2.31 bits per heavy atom. The van der Waals surface area contributed by atoms with Crippen molar-refractivity contribution < 1.29 is 23.8 Å². The molecule has 0 aliphatic heterocycles. The van der Waals surface area contributed by atoms with Crippen LogP contribution in [0.15, 0.2) is 54.6 Å². The normalized spacial score (nSPS) is 10.2. The van der Waals surface area contributed by atoms with Crippen molar-refractivity contribution in [1.82, 2.24) is 10.9 Å². The van der Waals surface area contributed by atoms with Crippen molar-refractivity contribution in [2.75, 3.05) is 20.8 Å². The highest BCUT2D eigenvalue weighted by atomic mass is 16.5. The van der Waals surface area contributed by atoms with Crippen LogP contribution < -0.4 is 25.1 Å². The molecule has 0 spiro atoms. The Bertz CT molecular complexity index is 772. The van der Waals surface area contributed by atoms with Gasteiger partial charge < -0.3 is 14.2 Å². The average Bonchev–Trinajstić information content (AvgIpc) is 2.69. The highest BCUT2D eigenvalue weighted by molar-refractivity contribution is 5.93. The third kappa shape index (κ3) is 6.20. The second-order valence-electron chi connectivity index (χ2n) is 5.11. The second-order valence-corrected chi connectivity index (χ2v) is 5.11. The van der Waals surface area contributed by atoms with E-state index >= 15 is 0 Å². The maximum atomic E-state index is 11.7. The van der Waals surface area contributed by atoms with Crippen LogP contribution in [-0.4, -0.2) is 32.6 Å². The summed E-state index contributed by atoms with van der Waals surface area (Å²) < 4.78 is 15.4.